The number of methoxy groups -OCH3 is 2. The fourth-order valence-electron chi connectivity index (χ4n) is 9.52. The number of carbonyl (C=O) groups is 4. The number of rotatable bonds is 113. The van der Waals surface area contributed by atoms with E-state index in [2.05, 4.69) is 28.2 Å². The summed E-state index contributed by atoms with van der Waals surface area (Å²) in [6.07, 6.45) is 0.816. The molecule has 0 bridgehead atoms. The molecule has 0 heterocycles. The summed E-state index contributed by atoms with van der Waals surface area (Å²) in [5, 5.41) is 11.5. The third-order valence-corrected chi connectivity index (χ3v) is 15.9. The van der Waals surface area contributed by atoms with E-state index in [1.54, 1.807) is 14.2 Å². The fraction of sp³-hybridized carbons (Fsp3) is 0.952. The van der Waals surface area contributed by atoms with Crippen LogP contribution in [0.15, 0.2) is 0 Å². The van der Waals surface area contributed by atoms with Gasteiger partial charge in [-0.3, -0.25) is 19.2 Å². The van der Waals surface area contributed by atoms with Crippen LogP contribution >= 0.6 is 0 Å². The summed E-state index contributed by atoms with van der Waals surface area (Å²) < 4.78 is 188. The van der Waals surface area contributed by atoms with Gasteiger partial charge in [-0.2, -0.15) is 0 Å². The van der Waals surface area contributed by atoms with Crippen molar-refractivity contribution in [2.45, 2.75) is 44.6 Å². The van der Waals surface area contributed by atoms with Gasteiger partial charge in [0.05, 0.1) is 429 Å². The van der Waals surface area contributed by atoms with Crippen LogP contribution in [0.5, 0.6) is 0 Å². The minimum atomic E-state index is -1.37. The Hall–Kier alpha value is -3.52. The number of nitrogens with two attached hydrogens (primary N) is 1. The zero-order chi connectivity index (χ0) is 90.7. The SMILES string of the molecule is CCCOCCOCCOCCOCCOCCOCCNC(=O)CCOCC(COCCC(=O)NCCOCCOCCOCCOCCOC)(COCCC(=O)NCCOCCOCCOCCOCCOCCOCCOCCOC)NC(=O)CCOCCOCCOCCOCCOCCOCCOCCOCCOCCOCCOCCOCCN. The topological polar surface area (TPSA) is 456 Å². The Morgan fingerprint density at radius 2 is 0.341 bits per heavy atom. The zero-order valence-electron chi connectivity index (χ0n) is 76.6. The first-order valence-corrected chi connectivity index (χ1v) is 44.6. The largest absolute Gasteiger partial charge is 0.382 e. The maximum Gasteiger partial charge on any atom is 0.222 e. The molecule has 4 amide bonds. The van der Waals surface area contributed by atoms with Crippen LogP contribution in [0.3, 0.4) is 0 Å². The molecular formula is C83H165N5O38. The lowest BCUT2D eigenvalue weighted by atomic mass is 10.0. The molecule has 0 saturated carbocycles. The van der Waals surface area contributed by atoms with Crippen LogP contribution in [-0.2, 0) is 180 Å². The van der Waals surface area contributed by atoms with Crippen LogP contribution in [0.2, 0.25) is 0 Å². The molecule has 0 fully saturated rings. The molecule has 0 aliphatic heterocycles. The van der Waals surface area contributed by atoms with Crippen molar-refractivity contribution in [3.8, 4) is 0 Å². The third kappa shape index (κ3) is 103. The lowest BCUT2D eigenvalue weighted by Crippen LogP contribution is -2.59. The summed E-state index contributed by atoms with van der Waals surface area (Å²) in [5.74, 6) is -1.32. The Labute approximate surface area is 749 Å². The van der Waals surface area contributed by atoms with Crippen LogP contribution < -0.4 is 27.0 Å². The molecule has 126 heavy (non-hydrogen) atoms. The number of amides is 4. The predicted octanol–water partition coefficient (Wildman–Crippen LogP) is -1.06. The quantitative estimate of drug-likeness (QED) is 0.0453. The van der Waals surface area contributed by atoms with E-state index in [9.17, 15) is 19.2 Å². The fourth-order valence-corrected chi connectivity index (χ4v) is 9.52. The van der Waals surface area contributed by atoms with Gasteiger partial charge in [-0.25, -0.2) is 0 Å². The number of carbonyl (C=O) groups excluding carboxylic acids is 4. The first-order chi connectivity index (χ1) is 62.3. The Kier molecular flexibility index (Phi) is 105. The van der Waals surface area contributed by atoms with E-state index in [0.717, 1.165) is 13.0 Å². The lowest BCUT2D eigenvalue weighted by molar-refractivity contribution is -0.131. The molecule has 6 N–H and O–H groups in total. The molecule has 43 nitrogen and oxygen atoms in total. The van der Waals surface area contributed by atoms with Crippen molar-refractivity contribution in [1.82, 2.24) is 21.3 Å². The highest BCUT2D eigenvalue weighted by molar-refractivity contribution is 5.77. The Bertz CT molecular complexity index is 2160. The molecule has 0 aromatic heterocycles. The van der Waals surface area contributed by atoms with E-state index in [1.807, 2.05) is 0 Å². The monoisotopic (exact) mass is 1840 g/mol. The highest BCUT2D eigenvalue weighted by Crippen LogP contribution is 2.12. The molecule has 0 radical (unpaired) electrons. The summed E-state index contributed by atoms with van der Waals surface area (Å²) in [5.41, 5.74) is 4.00. The molecule has 43 heteroatoms. The van der Waals surface area contributed by atoms with Gasteiger partial charge in [0.2, 0.25) is 23.6 Å². The molecule has 0 spiro atoms. The summed E-state index contributed by atoms with van der Waals surface area (Å²) in [7, 11) is 3.24. The molecular weight excluding hydrogens is 1670 g/mol. The first-order valence-electron chi connectivity index (χ1n) is 44.6. The first kappa shape index (κ1) is 122. The van der Waals surface area contributed by atoms with Crippen molar-refractivity contribution in [1.29, 1.82) is 0 Å². The summed E-state index contributed by atoms with van der Waals surface area (Å²) >= 11 is 0. The van der Waals surface area contributed by atoms with E-state index in [1.165, 1.54) is 0 Å². The molecule has 0 rings (SSSR count). The Balaban J connectivity index is 5.16. The summed E-state index contributed by atoms with van der Waals surface area (Å²) in [6, 6.07) is 0. The zero-order valence-corrected chi connectivity index (χ0v) is 76.6. The number of ether oxygens (including phenoxy) is 34. The van der Waals surface area contributed by atoms with Gasteiger partial charge in [-0.1, -0.05) is 6.92 Å². The second-order valence-electron chi connectivity index (χ2n) is 26.6. The van der Waals surface area contributed by atoms with Gasteiger partial charge in [0.15, 0.2) is 0 Å². The van der Waals surface area contributed by atoms with Crippen LogP contribution in [-0.4, -0.2) is 506 Å². The van der Waals surface area contributed by atoms with Crippen LogP contribution in [0.1, 0.15) is 39.0 Å². The van der Waals surface area contributed by atoms with E-state index >= 15 is 0 Å². The second-order valence-corrected chi connectivity index (χ2v) is 26.6. The molecule has 0 aromatic rings. The minimum Gasteiger partial charge on any atom is -0.382 e. The minimum absolute atomic E-state index is 0.0270. The van der Waals surface area contributed by atoms with Crippen LogP contribution in [0, 0.1) is 0 Å². The van der Waals surface area contributed by atoms with Gasteiger partial charge < -0.3 is 188 Å². The standard InChI is InChI=1S/C83H165N5O38/c1-4-13-95-26-32-103-42-48-111-56-59-114-52-46-107-36-30-99-20-11-86-80(90)6-16-125-77-83(76-124-15-5-79(89)85-10-19-98-29-35-106-45-51-109-40-38-101-24-22-93-2,78-126-17-7-81(91)87-12-21-100-31-37-108-47-53-115-60-63-119-65-64-116-55-54-110-41-39-102-25-23-94-3)88-82(92)8-14-96-27-33-104-43-49-112-57-61-117-66-68-120-70-72-122-74-75-123-73-71-121-69-67-118-62-58-113-50-44-105-34-28-97-18-9-84/h4-78,84H2,1-3H3,(H,85,89)(H,86,90)(H,87,91)(H,88,92). The molecule has 1 atom stereocenters. The summed E-state index contributed by atoms with van der Waals surface area (Å²) in [6.45, 7) is 27.9. The van der Waals surface area contributed by atoms with Gasteiger partial charge in [-0.05, 0) is 6.42 Å². The van der Waals surface area contributed by atoms with Gasteiger partial charge in [0.1, 0.15) is 5.54 Å². The molecule has 0 aliphatic carbocycles. The molecule has 0 saturated heterocycles. The summed E-state index contributed by atoms with van der Waals surface area (Å²) in [4.78, 5) is 52.8. The Morgan fingerprint density at radius 3 is 0.524 bits per heavy atom. The van der Waals surface area contributed by atoms with Gasteiger partial charge in [0.25, 0.3) is 0 Å². The van der Waals surface area contributed by atoms with Gasteiger partial charge in [0, 0.05) is 72.7 Å². The molecule has 750 valence electrons. The lowest BCUT2D eigenvalue weighted by Gasteiger charge is -2.34. The van der Waals surface area contributed by atoms with Gasteiger partial charge in [-0.15, -0.1) is 0 Å². The van der Waals surface area contributed by atoms with Crippen LogP contribution in [0.25, 0.3) is 0 Å². The van der Waals surface area contributed by atoms with Crippen molar-refractivity contribution >= 4 is 23.6 Å². The molecule has 0 aromatic carbocycles. The van der Waals surface area contributed by atoms with Crippen molar-refractivity contribution < 1.29 is 180 Å². The molecule has 1 unspecified atom stereocenters. The van der Waals surface area contributed by atoms with Crippen molar-refractivity contribution in [2.24, 2.45) is 5.73 Å². The van der Waals surface area contributed by atoms with E-state index in [-0.39, 0.29) is 142 Å². The third-order valence-electron chi connectivity index (χ3n) is 15.9. The number of hydrogen-bond donors (Lipinski definition) is 5. The predicted molar refractivity (Wildman–Crippen MR) is 458 cm³/mol. The average Bonchev–Trinajstić information content (AvgIpc) is 0.854. The number of nitrogens with one attached hydrogen (secondary N) is 4. The maximum absolute atomic E-state index is 13.9. The van der Waals surface area contributed by atoms with Crippen molar-refractivity contribution in [2.75, 3.05) is 476 Å². The van der Waals surface area contributed by atoms with Crippen molar-refractivity contribution in [3.63, 3.8) is 0 Å². The second kappa shape index (κ2) is 109. The van der Waals surface area contributed by atoms with E-state index in [4.69, 9.17) is 167 Å². The average molecular weight is 1840 g/mol. The highest BCUT2D eigenvalue weighted by Gasteiger charge is 2.34. The van der Waals surface area contributed by atoms with Gasteiger partial charge >= 0.3 is 0 Å². The Morgan fingerprint density at radius 1 is 0.190 bits per heavy atom. The molecule has 0 aliphatic rings. The van der Waals surface area contributed by atoms with Crippen LogP contribution in [0.4, 0.5) is 0 Å². The van der Waals surface area contributed by atoms with E-state index < -0.39 is 11.4 Å². The maximum atomic E-state index is 13.9. The smallest absolute Gasteiger partial charge is 0.222 e. The highest BCUT2D eigenvalue weighted by atomic mass is 16.6. The van der Waals surface area contributed by atoms with Crippen molar-refractivity contribution in [3.05, 3.63) is 0 Å². The normalized spacial score (nSPS) is 12.1. The number of hydrogen-bond acceptors (Lipinski definition) is 39. The van der Waals surface area contributed by atoms with E-state index in [0.29, 0.717) is 357 Å².